The maximum absolute atomic E-state index is 12.5. The van der Waals surface area contributed by atoms with Gasteiger partial charge in [0.15, 0.2) is 10.4 Å². The third kappa shape index (κ3) is 4.89. The highest BCUT2D eigenvalue weighted by Gasteiger charge is 2.34. The number of carbonyl (C=O) groups excluding carboxylic acids is 1. The summed E-state index contributed by atoms with van der Waals surface area (Å²) in [6.07, 6.45) is -3.19. The van der Waals surface area contributed by atoms with Crippen molar-refractivity contribution >= 4 is 21.8 Å². The van der Waals surface area contributed by atoms with E-state index in [0.29, 0.717) is 23.1 Å². The maximum atomic E-state index is 12.5. The third-order valence-electron chi connectivity index (χ3n) is 2.52. The molecule has 0 radical (unpaired) electrons. The van der Waals surface area contributed by atoms with Gasteiger partial charge in [0, 0.05) is 12.1 Å². The highest BCUT2D eigenvalue weighted by Crippen LogP contribution is 2.23. The number of halogens is 4. The van der Waals surface area contributed by atoms with Crippen LogP contribution in [0.4, 0.5) is 13.2 Å². The fraction of sp³-hybridized carbons (Fsp3) is 0.583. The number of amides is 1. The van der Waals surface area contributed by atoms with Crippen LogP contribution in [0.5, 0.6) is 0 Å². The van der Waals surface area contributed by atoms with Gasteiger partial charge in [-0.2, -0.15) is 13.2 Å². The summed E-state index contributed by atoms with van der Waals surface area (Å²) in [7, 11) is 0. The van der Waals surface area contributed by atoms with E-state index in [-0.39, 0.29) is 12.3 Å². The second-order valence-electron chi connectivity index (χ2n) is 4.26. The molecule has 7 heteroatoms. The van der Waals surface area contributed by atoms with Gasteiger partial charge in [0.05, 0.1) is 0 Å². The first kappa shape index (κ1) is 16.1. The molecule has 1 heterocycles. The Bertz CT molecular complexity index is 443. The number of aryl methyl sites for hydroxylation is 1. The molecule has 108 valence electrons. The molecule has 1 aromatic rings. The van der Waals surface area contributed by atoms with Crippen LogP contribution in [0.25, 0.3) is 0 Å². The van der Waals surface area contributed by atoms with Crippen LogP contribution in [0.2, 0.25) is 0 Å². The predicted molar refractivity (Wildman–Crippen MR) is 68.0 cm³/mol. The van der Waals surface area contributed by atoms with Crippen molar-refractivity contribution in [3.05, 3.63) is 22.1 Å². The molecule has 0 spiro atoms. The molecule has 0 unspecified atom stereocenters. The van der Waals surface area contributed by atoms with Crippen LogP contribution in [-0.2, 0) is 0 Å². The number of hydrogen-bond donors (Lipinski definition) is 0. The van der Waals surface area contributed by atoms with Crippen LogP contribution >= 0.6 is 15.9 Å². The van der Waals surface area contributed by atoms with Crippen LogP contribution in [0.1, 0.15) is 35.9 Å². The van der Waals surface area contributed by atoms with Gasteiger partial charge in [0.25, 0.3) is 5.91 Å². The minimum atomic E-state index is -4.42. The summed E-state index contributed by atoms with van der Waals surface area (Å²) < 4.78 is 42.9. The normalized spacial score (nSPS) is 11.7. The van der Waals surface area contributed by atoms with E-state index in [2.05, 4.69) is 15.9 Å². The summed E-state index contributed by atoms with van der Waals surface area (Å²) in [5.74, 6) is -0.777. The molecule has 0 aliphatic carbocycles. The zero-order chi connectivity index (χ0) is 14.6. The molecule has 3 nitrogen and oxygen atoms in total. The van der Waals surface area contributed by atoms with Crippen molar-refractivity contribution in [2.75, 3.05) is 13.1 Å². The third-order valence-corrected chi connectivity index (χ3v) is 2.91. The van der Waals surface area contributed by atoms with Gasteiger partial charge in [0.1, 0.15) is 6.54 Å². The molecule has 1 aromatic heterocycles. The Labute approximate surface area is 117 Å². The van der Waals surface area contributed by atoms with E-state index in [4.69, 9.17) is 4.42 Å². The van der Waals surface area contributed by atoms with Crippen molar-refractivity contribution in [2.45, 2.75) is 32.9 Å². The molecule has 0 bridgehead atoms. The molecule has 0 aromatic carbocycles. The van der Waals surface area contributed by atoms with Crippen molar-refractivity contribution in [3.8, 4) is 0 Å². The molecule has 0 aliphatic heterocycles. The first-order chi connectivity index (χ1) is 8.74. The van der Waals surface area contributed by atoms with Crippen molar-refractivity contribution in [2.24, 2.45) is 0 Å². The Hall–Kier alpha value is -0.980. The first-order valence-electron chi connectivity index (χ1n) is 5.86. The Morgan fingerprint density at radius 2 is 2.11 bits per heavy atom. The zero-order valence-electron chi connectivity index (χ0n) is 10.7. The molecule has 1 amide bonds. The summed E-state index contributed by atoms with van der Waals surface area (Å²) >= 11 is 3.05. The van der Waals surface area contributed by atoms with E-state index in [0.717, 1.165) is 4.90 Å². The summed E-state index contributed by atoms with van der Waals surface area (Å²) in [4.78, 5) is 12.9. The largest absolute Gasteiger partial charge is 0.444 e. The van der Waals surface area contributed by atoms with Crippen molar-refractivity contribution in [1.82, 2.24) is 4.90 Å². The van der Waals surface area contributed by atoms with E-state index < -0.39 is 18.6 Å². The fourth-order valence-electron chi connectivity index (χ4n) is 1.62. The molecule has 1 rings (SSSR count). The van der Waals surface area contributed by atoms with E-state index in [1.165, 1.54) is 0 Å². The van der Waals surface area contributed by atoms with Gasteiger partial charge in [-0.15, -0.1) is 0 Å². The number of rotatable bonds is 5. The summed E-state index contributed by atoms with van der Waals surface area (Å²) in [5.41, 5.74) is 0.514. The molecule has 0 atom stereocenters. The molecular weight excluding hydrogens is 327 g/mol. The molecule has 0 fully saturated rings. The number of furan rings is 1. The van der Waals surface area contributed by atoms with Gasteiger partial charge in [-0.05, 0) is 35.3 Å². The quantitative estimate of drug-likeness (QED) is 0.805. The van der Waals surface area contributed by atoms with Crippen LogP contribution in [-0.4, -0.2) is 30.1 Å². The smallest absolute Gasteiger partial charge is 0.406 e. The molecular formula is C12H15BrF3NO2. The number of carbonyl (C=O) groups is 1. The van der Waals surface area contributed by atoms with Gasteiger partial charge in [0.2, 0.25) is 0 Å². The minimum absolute atomic E-state index is 0.0489. The minimum Gasteiger partial charge on any atom is -0.444 e. The standard InChI is InChI=1S/C12H15BrF3NO2/c1-3-4-5-17(7-12(14,15)16)11(18)10-8(2)6-9(13)19-10/h6H,3-5,7H2,1-2H3. The highest BCUT2D eigenvalue weighted by atomic mass is 79.9. The summed E-state index contributed by atoms with van der Waals surface area (Å²) in [6.45, 7) is 2.27. The number of hydrogen-bond acceptors (Lipinski definition) is 2. The Balaban J connectivity index is 2.90. The average molecular weight is 342 g/mol. The van der Waals surface area contributed by atoms with Gasteiger partial charge in [-0.25, -0.2) is 0 Å². The first-order valence-corrected chi connectivity index (χ1v) is 6.66. The molecule has 0 N–H and O–H groups in total. The molecule has 0 saturated heterocycles. The summed E-state index contributed by atoms with van der Waals surface area (Å²) in [6, 6.07) is 1.55. The lowest BCUT2D eigenvalue weighted by molar-refractivity contribution is -0.141. The number of alkyl halides is 3. The Kier molecular flexibility index (Phi) is 5.46. The predicted octanol–water partition coefficient (Wildman–Crippen LogP) is 4.16. The molecule has 0 aliphatic rings. The van der Waals surface area contributed by atoms with Crippen molar-refractivity contribution in [3.63, 3.8) is 0 Å². The van der Waals surface area contributed by atoms with Gasteiger partial charge in [-0.3, -0.25) is 4.79 Å². The van der Waals surface area contributed by atoms with E-state index >= 15 is 0 Å². The SMILES string of the molecule is CCCCN(CC(F)(F)F)C(=O)c1oc(Br)cc1C. The zero-order valence-corrected chi connectivity index (χ0v) is 12.3. The highest BCUT2D eigenvalue weighted by molar-refractivity contribution is 9.10. The van der Waals surface area contributed by atoms with Crippen molar-refractivity contribution in [1.29, 1.82) is 0 Å². The van der Waals surface area contributed by atoms with Crippen LogP contribution in [0, 0.1) is 6.92 Å². The second kappa shape index (κ2) is 6.45. The fourth-order valence-corrected chi connectivity index (χ4v) is 2.12. The van der Waals surface area contributed by atoms with E-state index in [9.17, 15) is 18.0 Å². The van der Waals surface area contributed by atoms with Gasteiger partial charge >= 0.3 is 6.18 Å². The lowest BCUT2D eigenvalue weighted by atomic mass is 10.2. The maximum Gasteiger partial charge on any atom is 0.406 e. The monoisotopic (exact) mass is 341 g/mol. The Morgan fingerprint density at radius 1 is 1.47 bits per heavy atom. The molecule has 0 saturated carbocycles. The second-order valence-corrected chi connectivity index (χ2v) is 5.04. The number of unbranched alkanes of at least 4 members (excludes halogenated alkanes) is 1. The number of nitrogens with zero attached hydrogens (tertiary/aromatic N) is 1. The summed E-state index contributed by atoms with van der Waals surface area (Å²) in [5, 5.41) is 0. The van der Waals surface area contributed by atoms with Gasteiger partial charge in [-0.1, -0.05) is 13.3 Å². The van der Waals surface area contributed by atoms with E-state index in [1.54, 1.807) is 13.0 Å². The van der Waals surface area contributed by atoms with Crippen LogP contribution in [0.15, 0.2) is 15.2 Å². The van der Waals surface area contributed by atoms with Crippen LogP contribution in [0.3, 0.4) is 0 Å². The Morgan fingerprint density at radius 3 is 2.53 bits per heavy atom. The van der Waals surface area contributed by atoms with E-state index in [1.807, 2.05) is 6.92 Å². The van der Waals surface area contributed by atoms with Crippen LogP contribution < -0.4 is 0 Å². The van der Waals surface area contributed by atoms with Gasteiger partial charge < -0.3 is 9.32 Å². The molecule has 19 heavy (non-hydrogen) atoms. The topological polar surface area (TPSA) is 33.5 Å². The van der Waals surface area contributed by atoms with Crippen molar-refractivity contribution < 1.29 is 22.4 Å². The average Bonchev–Trinajstić information content (AvgIpc) is 2.61. The lowest BCUT2D eigenvalue weighted by Gasteiger charge is -2.23. The lowest BCUT2D eigenvalue weighted by Crippen LogP contribution is -2.39.